The highest BCUT2D eigenvalue weighted by atomic mass is 16.5. The van der Waals surface area contributed by atoms with Crippen molar-refractivity contribution in [1.82, 2.24) is 0 Å². The van der Waals surface area contributed by atoms with Crippen LogP contribution >= 0.6 is 0 Å². The number of ether oxygens (including phenoxy) is 1. The Hall–Kier alpha value is -0.300. The van der Waals surface area contributed by atoms with Gasteiger partial charge in [-0.15, -0.1) is 0 Å². The highest BCUT2D eigenvalue weighted by molar-refractivity contribution is 4.97. The van der Waals surface area contributed by atoms with Crippen molar-refractivity contribution in [2.45, 2.75) is 45.8 Å². The fraction of sp³-hybridized carbons (Fsp3) is 0.800. The molecule has 0 aromatic carbocycles. The monoisotopic (exact) mass is 154 g/mol. The first-order valence-electron chi connectivity index (χ1n) is 4.56. The summed E-state index contributed by atoms with van der Waals surface area (Å²) in [5.74, 6) is 0.612. The minimum absolute atomic E-state index is 0.355. The minimum atomic E-state index is 0.355. The topological polar surface area (TPSA) is 9.23 Å². The van der Waals surface area contributed by atoms with Gasteiger partial charge in [0, 0.05) is 0 Å². The number of rotatable bonds is 2. The SMILES string of the molecule is CCC1CC=CC(C(C)C)O1. The Balaban J connectivity index is 2.45. The molecule has 0 aliphatic carbocycles. The van der Waals surface area contributed by atoms with Gasteiger partial charge in [-0.25, -0.2) is 0 Å². The van der Waals surface area contributed by atoms with Crippen LogP contribution in [-0.2, 0) is 4.74 Å². The Kier molecular flexibility index (Phi) is 3.13. The number of hydrogen-bond acceptors (Lipinski definition) is 1. The second-order valence-corrected chi connectivity index (χ2v) is 3.54. The van der Waals surface area contributed by atoms with Crippen LogP contribution in [0.25, 0.3) is 0 Å². The predicted octanol–water partition coefficient (Wildman–Crippen LogP) is 2.77. The van der Waals surface area contributed by atoms with Crippen LogP contribution in [0, 0.1) is 5.92 Å². The fourth-order valence-electron chi connectivity index (χ4n) is 1.33. The summed E-state index contributed by atoms with van der Waals surface area (Å²) in [6.07, 6.45) is 7.49. The van der Waals surface area contributed by atoms with Crippen LogP contribution in [0.4, 0.5) is 0 Å². The first kappa shape index (κ1) is 8.79. The van der Waals surface area contributed by atoms with Gasteiger partial charge in [-0.2, -0.15) is 0 Å². The molecule has 0 radical (unpaired) electrons. The molecule has 0 saturated heterocycles. The molecule has 64 valence electrons. The summed E-state index contributed by atoms with van der Waals surface area (Å²) in [6, 6.07) is 0. The molecule has 0 fully saturated rings. The van der Waals surface area contributed by atoms with E-state index in [-0.39, 0.29) is 0 Å². The zero-order chi connectivity index (χ0) is 8.27. The lowest BCUT2D eigenvalue weighted by molar-refractivity contribution is -0.0172. The Labute approximate surface area is 69.4 Å². The molecular formula is C10H18O. The zero-order valence-electron chi connectivity index (χ0n) is 7.71. The highest BCUT2D eigenvalue weighted by Crippen LogP contribution is 2.19. The summed E-state index contributed by atoms with van der Waals surface area (Å²) < 4.78 is 5.81. The molecule has 0 spiro atoms. The summed E-state index contributed by atoms with van der Waals surface area (Å²) in [5, 5.41) is 0. The smallest absolute Gasteiger partial charge is 0.0782 e. The van der Waals surface area contributed by atoms with Gasteiger partial charge in [0.15, 0.2) is 0 Å². The molecule has 0 N–H and O–H groups in total. The first-order chi connectivity index (χ1) is 5.24. The second kappa shape index (κ2) is 3.91. The van der Waals surface area contributed by atoms with Gasteiger partial charge in [0.2, 0.25) is 0 Å². The molecule has 11 heavy (non-hydrogen) atoms. The van der Waals surface area contributed by atoms with Crippen LogP contribution < -0.4 is 0 Å². The van der Waals surface area contributed by atoms with Crippen molar-refractivity contribution >= 4 is 0 Å². The molecule has 2 atom stereocenters. The molecule has 0 amide bonds. The summed E-state index contributed by atoms with van der Waals surface area (Å²) in [5.41, 5.74) is 0. The van der Waals surface area contributed by atoms with Gasteiger partial charge in [0.1, 0.15) is 0 Å². The van der Waals surface area contributed by atoms with E-state index in [0.29, 0.717) is 18.1 Å². The Morgan fingerprint density at radius 1 is 1.55 bits per heavy atom. The molecule has 1 aliphatic rings. The maximum Gasteiger partial charge on any atom is 0.0782 e. The van der Waals surface area contributed by atoms with Crippen LogP contribution in [0.15, 0.2) is 12.2 Å². The van der Waals surface area contributed by atoms with E-state index in [2.05, 4.69) is 32.9 Å². The lowest BCUT2D eigenvalue weighted by Crippen LogP contribution is -2.27. The third-order valence-corrected chi connectivity index (χ3v) is 2.19. The second-order valence-electron chi connectivity index (χ2n) is 3.54. The van der Waals surface area contributed by atoms with E-state index in [9.17, 15) is 0 Å². The van der Waals surface area contributed by atoms with Crippen molar-refractivity contribution in [3.63, 3.8) is 0 Å². The van der Waals surface area contributed by atoms with Gasteiger partial charge < -0.3 is 4.74 Å². The quantitative estimate of drug-likeness (QED) is 0.556. The Morgan fingerprint density at radius 3 is 2.82 bits per heavy atom. The van der Waals surface area contributed by atoms with Crippen molar-refractivity contribution in [3.05, 3.63) is 12.2 Å². The normalized spacial score (nSPS) is 31.3. The molecule has 0 aromatic heterocycles. The standard InChI is InChI=1S/C10H18O/c1-4-9-6-5-7-10(11-9)8(2)3/h5,7-10H,4,6H2,1-3H3. The molecule has 1 heterocycles. The van der Waals surface area contributed by atoms with E-state index in [0.717, 1.165) is 12.8 Å². The summed E-state index contributed by atoms with van der Waals surface area (Å²) in [6.45, 7) is 6.58. The van der Waals surface area contributed by atoms with Gasteiger partial charge in [-0.1, -0.05) is 32.9 Å². The summed E-state index contributed by atoms with van der Waals surface area (Å²) in [7, 11) is 0. The average molecular weight is 154 g/mol. The number of hydrogen-bond donors (Lipinski definition) is 0. The third-order valence-electron chi connectivity index (χ3n) is 2.19. The average Bonchev–Trinajstić information content (AvgIpc) is 2.05. The first-order valence-corrected chi connectivity index (χ1v) is 4.56. The van der Waals surface area contributed by atoms with E-state index >= 15 is 0 Å². The van der Waals surface area contributed by atoms with E-state index in [1.807, 2.05) is 0 Å². The fourth-order valence-corrected chi connectivity index (χ4v) is 1.33. The van der Waals surface area contributed by atoms with E-state index in [1.165, 1.54) is 0 Å². The van der Waals surface area contributed by atoms with Crippen LogP contribution in [-0.4, -0.2) is 12.2 Å². The Morgan fingerprint density at radius 2 is 2.27 bits per heavy atom. The lowest BCUT2D eigenvalue weighted by atomic mass is 10.0. The molecule has 1 nitrogen and oxygen atoms in total. The minimum Gasteiger partial charge on any atom is -0.370 e. The van der Waals surface area contributed by atoms with Crippen molar-refractivity contribution in [1.29, 1.82) is 0 Å². The van der Waals surface area contributed by atoms with Crippen molar-refractivity contribution in [2.75, 3.05) is 0 Å². The highest BCUT2D eigenvalue weighted by Gasteiger charge is 2.18. The zero-order valence-corrected chi connectivity index (χ0v) is 7.71. The molecule has 1 aliphatic heterocycles. The molecule has 2 unspecified atom stereocenters. The van der Waals surface area contributed by atoms with Gasteiger partial charge in [-0.05, 0) is 18.8 Å². The summed E-state index contributed by atoms with van der Waals surface area (Å²) in [4.78, 5) is 0. The Bertz CT molecular complexity index is 138. The predicted molar refractivity (Wildman–Crippen MR) is 47.5 cm³/mol. The largest absolute Gasteiger partial charge is 0.370 e. The van der Waals surface area contributed by atoms with Crippen molar-refractivity contribution < 1.29 is 4.74 Å². The van der Waals surface area contributed by atoms with Crippen LogP contribution in [0.2, 0.25) is 0 Å². The molecule has 0 bridgehead atoms. The van der Waals surface area contributed by atoms with Gasteiger partial charge in [0.25, 0.3) is 0 Å². The maximum absolute atomic E-state index is 5.81. The third kappa shape index (κ3) is 2.33. The van der Waals surface area contributed by atoms with E-state index < -0.39 is 0 Å². The molecular weight excluding hydrogens is 136 g/mol. The van der Waals surface area contributed by atoms with Crippen molar-refractivity contribution in [3.8, 4) is 0 Å². The molecule has 1 rings (SSSR count). The van der Waals surface area contributed by atoms with E-state index in [4.69, 9.17) is 4.74 Å². The van der Waals surface area contributed by atoms with E-state index in [1.54, 1.807) is 0 Å². The van der Waals surface area contributed by atoms with Gasteiger partial charge >= 0.3 is 0 Å². The van der Waals surface area contributed by atoms with Gasteiger partial charge in [-0.3, -0.25) is 0 Å². The lowest BCUT2D eigenvalue weighted by Gasteiger charge is -2.27. The van der Waals surface area contributed by atoms with Crippen LogP contribution in [0.1, 0.15) is 33.6 Å². The van der Waals surface area contributed by atoms with Crippen molar-refractivity contribution in [2.24, 2.45) is 5.92 Å². The molecule has 1 heteroatoms. The van der Waals surface area contributed by atoms with Gasteiger partial charge in [0.05, 0.1) is 12.2 Å². The molecule has 0 aromatic rings. The summed E-state index contributed by atoms with van der Waals surface area (Å²) >= 11 is 0. The maximum atomic E-state index is 5.81. The molecule has 0 saturated carbocycles. The van der Waals surface area contributed by atoms with Crippen LogP contribution in [0.3, 0.4) is 0 Å². The van der Waals surface area contributed by atoms with Crippen LogP contribution in [0.5, 0.6) is 0 Å².